The molecule has 0 amide bonds. The van der Waals surface area contributed by atoms with Crippen LogP contribution in [0.4, 0.5) is 14.5 Å². The molecule has 9 heteroatoms. The van der Waals surface area contributed by atoms with E-state index in [0.29, 0.717) is 9.99 Å². The van der Waals surface area contributed by atoms with Crippen LogP contribution in [0.1, 0.15) is 0 Å². The second kappa shape index (κ2) is 8.52. The number of nitrogens with two attached hydrogens (primary N) is 1. The summed E-state index contributed by atoms with van der Waals surface area (Å²) < 4.78 is 49.3. The number of hydrogen-bond donors (Lipinski definition) is 2. The molecule has 0 aromatic heterocycles. The summed E-state index contributed by atoms with van der Waals surface area (Å²) in [7, 11) is -3.82. The van der Waals surface area contributed by atoms with Crippen LogP contribution in [0.25, 0.3) is 0 Å². The summed E-state index contributed by atoms with van der Waals surface area (Å²) in [5.41, 5.74) is 6.18. The van der Waals surface area contributed by atoms with E-state index in [4.69, 9.17) is 10.8 Å². The molecule has 0 aliphatic rings. The minimum Gasteiger partial charge on any atom is -0.399 e. The second-order valence-corrected chi connectivity index (χ2v) is 7.47. The van der Waals surface area contributed by atoms with E-state index in [1.54, 1.807) is 24.3 Å². The van der Waals surface area contributed by atoms with Crippen LogP contribution >= 0.6 is 11.8 Å². The van der Waals surface area contributed by atoms with Gasteiger partial charge in [-0.2, -0.15) is 4.31 Å². The third kappa shape index (κ3) is 6.60. The second-order valence-electron chi connectivity index (χ2n) is 4.21. The summed E-state index contributed by atoms with van der Waals surface area (Å²) in [6, 6.07) is 6.97. The molecule has 0 unspecified atom stereocenters. The highest BCUT2D eigenvalue weighted by Crippen LogP contribution is 2.20. The average molecular weight is 340 g/mol. The number of hydrogen-bond acceptors (Lipinski definition) is 5. The molecule has 0 atom stereocenters. The minimum absolute atomic E-state index is 0.219. The predicted octanol–water partition coefficient (Wildman–Crippen LogP) is 1.25. The topological polar surface area (TPSA) is 83.6 Å². The molecule has 0 heterocycles. The average Bonchev–Trinajstić information content (AvgIpc) is 2.37. The van der Waals surface area contributed by atoms with Crippen LogP contribution in [0.5, 0.6) is 0 Å². The molecule has 1 aromatic rings. The van der Waals surface area contributed by atoms with Gasteiger partial charge < -0.3 is 10.8 Å². The largest absolute Gasteiger partial charge is 0.399 e. The van der Waals surface area contributed by atoms with Crippen molar-refractivity contribution in [1.29, 1.82) is 0 Å². The molecule has 0 fully saturated rings. The number of alkyl halides is 2. The fraction of sp³-hybridized carbons (Fsp3) is 0.500. The van der Waals surface area contributed by atoms with E-state index in [9.17, 15) is 17.2 Å². The Morgan fingerprint density at radius 1 is 1.38 bits per heavy atom. The van der Waals surface area contributed by atoms with Crippen LogP contribution < -0.4 is 5.73 Å². The highest BCUT2D eigenvalue weighted by molar-refractivity contribution is 8.00. The maximum Gasteiger partial charge on any atom is 0.252 e. The zero-order chi connectivity index (χ0) is 15.9. The van der Waals surface area contributed by atoms with Crippen LogP contribution in [0.2, 0.25) is 0 Å². The van der Waals surface area contributed by atoms with E-state index in [1.807, 2.05) is 0 Å². The van der Waals surface area contributed by atoms with Gasteiger partial charge in [0.25, 0.3) is 6.43 Å². The first kappa shape index (κ1) is 18.1. The lowest BCUT2D eigenvalue weighted by molar-refractivity contribution is 0.113. The Kier molecular flexibility index (Phi) is 7.36. The van der Waals surface area contributed by atoms with Crippen molar-refractivity contribution in [2.75, 3.05) is 36.9 Å². The Bertz CT molecular complexity index is 541. The zero-order valence-corrected chi connectivity index (χ0v) is 12.9. The molecule has 0 aliphatic heterocycles. The minimum atomic E-state index is -3.82. The third-order valence-corrected chi connectivity index (χ3v) is 5.64. The lowest BCUT2D eigenvalue weighted by Gasteiger charge is -2.20. The number of nitrogens with zero attached hydrogens (tertiary/aromatic N) is 1. The number of aliphatic hydroxyl groups is 1. The summed E-state index contributed by atoms with van der Waals surface area (Å²) >= 11 is 1.28. The lowest BCUT2D eigenvalue weighted by Crippen LogP contribution is -2.39. The highest BCUT2D eigenvalue weighted by atomic mass is 32.2. The molecular formula is C12H18F2N2O3S2. The number of rotatable bonds is 9. The van der Waals surface area contributed by atoms with Crippen LogP contribution in [-0.2, 0) is 10.0 Å². The van der Waals surface area contributed by atoms with Gasteiger partial charge in [-0.1, -0.05) is 6.07 Å². The van der Waals surface area contributed by atoms with Crippen LogP contribution in [-0.4, -0.2) is 55.5 Å². The van der Waals surface area contributed by atoms with Crippen molar-refractivity contribution < 1.29 is 22.3 Å². The van der Waals surface area contributed by atoms with Gasteiger partial charge in [0, 0.05) is 22.9 Å². The monoisotopic (exact) mass is 340 g/mol. The van der Waals surface area contributed by atoms with Crippen molar-refractivity contribution in [2.24, 2.45) is 0 Å². The van der Waals surface area contributed by atoms with Crippen LogP contribution in [0.3, 0.4) is 0 Å². The van der Waals surface area contributed by atoms with Crippen molar-refractivity contribution in [2.45, 2.75) is 11.3 Å². The van der Waals surface area contributed by atoms with Gasteiger partial charge in [-0.25, -0.2) is 17.2 Å². The first-order valence-electron chi connectivity index (χ1n) is 6.20. The molecule has 0 saturated carbocycles. The lowest BCUT2D eigenvalue weighted by atomic mass is 10.3. The van der Waals surface area contributed by atoms with Crippen molar-refractivity contribution in [3.05, 3.63) is 24.3 Å². The predicted molar refractivity (Wildman–Crippen MR) is 80.0 cm³/mol. The number of benzene rings is 1. The van der Waals surface area contributed by atoms with Gasteiger partial charge in [-0.05, 0) is 18.2 Å². The number of sulfonamides is 1. The smallest absolute Gasteiger partial charge is 0.252 e. The van der Waals surface area contributed by atoms with Crippen molar-refractivity contribution in [1.82, 2.24) is 4.31 Å². The fourth-order valence-corrected chi connectivity index (χ4v) is 4.37. The summed E-state index contributed by atoms with van der Waals surface area (Å²) in [6.07, 6.45) is -2.77. The summed E-state index contributed by atoms with van der Waals surface area (Å²) in [4.78, 5) is 0.813. The summed E-state index contributed by atoms with van der Waals surface area (Å²) in [5.74, 6) is -0.0594. The molecule has 21 heavy (non-hydrogen) atoms. The van der Waals surface area contributed by atoms with Gasteiger partial charge in [-0.3, -0.25) is 0 Å². The molecular weight excluding hydrogens is 322 g/mol. The third-order valence-electron chi connectivity index (χ3n) is 2.55. The van der Waals surface area contributed by atoms with Crippen molar-refractivity contribution >= 4 is 27.5 Å². The van der Waals surface area contributed by atoms with Gasteiger partial charge in [-0.15, -0.1) is 11.8 Å². The van der Waals surface area contributed by atoms with Gasteiger partial charge in [0.2, 0.25) is 10.0 Å². The quantitative estimate of drug-likeness (QED) is 0.522. The molecule has 1 rings (SSSR count). The van der Waals surface area contributed by atoms with E-state index >= 15 is 0 Å². The van der Waals surface area contributed by atoms with E-state index in [0.717, 1.165) is 4.90 Å². The number of anilines is 1. The molecule has 0 bridgehead atoms. The molecule has 1 aromatic carbocycles. The Labute approximate surface area is 127 Å². The molecule has 5 nitrogen and oxygen atoms in total. The molecule has 120 valence electrons. The molecule has 0 saturated heterocycles. The van der Waals surface area contributed by atoms with Crippen LogP contribution in [0, 0.1) is 0 Å². The first-order valence-corrected chi connectivity index (χ1v) is 8.80. The van der Waals surface area contributed by atoms with Crippen LogP contribution in [0.15, 0.2) is 29.2 Å². The standard InChI is InChI=1S/C12H18F2N2O3S2/c13-12(14)9-16(4-5-17)21(18,19)7-6-20-11-3-1-2-10(15)8-11/h1-3,8,12,17H,4-7,9,15H2. The van der Waals surface area contributed by atoms with E-state index < -0.39 is 29.6 Å². The maximum atomic E-state index is 12.4. The Balaban J connectivity index is 2.58. The van der Waals surface area contributed by atoms with Gasteiger partial charge in [0.15, 0.2) is 0 Å². The van der Waals surface area contributed by atoms with Crippen molar-refractivity contribution in [3.8, 4) is 0 Å². The fourth-order valence-electron chi connectivity index (χ4n) is 1.61. The molecule has 0 radical (unpaired) electrons. The maximum absolute atomic E-state index is 12.4. The Hall–Kier alpha value is -0.900. The number of nitrogen functional groups attached to an aromatic ring is 1. The van der Waals surface area contributed by atoms with Gasteiger partial charge in [0.05, 0.1) is 18.9 Å². The number of aliphatic hydroxyl groups excluding tert-OH is 1. The molecule has 3 N–H and O–H groups in total. The number of thioether (sulfide) groups is 1. The number of halogens is 2. The van der Waals surface area contributed by atoms with Gasteiger partial charge in [0.1, 0.15) is 0 Å². The zero-order valence-electron chi connectivity index (χ0n) is 11.3. The Morgan fingerprint density at radius 2 is 2.10 bits per heavy atom. The van der Waals surface area contributed by atoms with Crippen molar-refractivity contribution in [3.63, 3.8) is 0 Å². The molecule has 0 spiro atoms. The van der Waals surface area contributed by atoms with Gasteiger partial charge >= 0.3 is 0 Å². The SMILES string of the molecule is Nc1cccc(SCCS(=O)(=O)N(CCO)CC(F)F)c1. The summed E-state index contributed by atoms with van der Waals surface area (Å²) in [6.45, 7) is -1.71. The first-order chi connectivity index (χ1) is 9.85. The van der Waals surface area contributed by atoms with E-state index in [1.165, 1.54) is 11.8 Å². The van der Waals surface area contributed by atoms with E-state index in [2.05, 4.69) is 0 Å². The normalized spacial score (nSPS) is 12.2. The summed E-state index contributed by atoms with van der Waals surface area (Å²) in [5, 5.41) is 8.78. The molecule has 0 aliphatic carbocycles. The van der Waals surface area contributed by atoms with E-state index in [-0.39, 0.29) is 18.1 Å². The highest BCUT2D eigenvalue weighted by Gasteiger charge is 2.24. The Morgan fingerprint density at radius 3 is 2.67 bits per heavy atom.